The van der Waals surface area contributed by atoms with Gasteiger partial charge < -0.3 is 15.2 Å². The number of hydrogen-bond acceptors (Lipinski definition) is 4. The Kier molecular flexibility index (Phi) is 4.05. The van der Waals surface area contributed by atoms with E-state index in [-0.39, 0.29) is 6.61 Å². The number of methoxy groups -OCH3 is 1. The Hall–Kier alpha value is -1.29. The third kappa shape index (κ3) is 3.29. The zero-order chi connectivity index (χ0) is 9.52. The fourth-order valence-electron chi connectivity index (χ4n) is 0.922. The summed E-state index contributed by atoms with van der Waals surface area (Å²) in [5, 5.41) is 11.6. The van der Waals surface area contributed by atoms with Gasteiger partial charge in [-0.3, -0.25) is 0 Å². The number of hydrogen-bond donors (Lipinski definition) is 2. The fourth-order valence-corrected chi connectivity index (χ4v) is 0.922. The van der Waals surface area contributed by atoms with Gasteiger partial charge >= 0.3 is 0 Å². The van der Waals surface area contributed by atoms with Crippen molar-refractivity contribution in [1.82, 2.24) is 4.98 Å². The Labute approximate surface area is 77.6 Å². The summed E-state index contributed by atoms with van der Waals surface area (Å²) >= 11 is 0. The lowest BCUT2D eigenvalue weighted by Crippen LogP contribution is -2.05. The van der Waals surface area contributed by atoms with Crippen LogP contribution in [0.4, 0.5) is 5.82 Å². The number of aliphatic hydroxyl groups is 1. The first kappa shape index (κ1) is 9.80. The summed E-state index contributed by atoms with van der Waals surface area (Å²) in [4.78, 5) is 4.15. The number of aliphatic hydroxyl groups excluding tert-OH is 1. The number of anilines is 1. The van der Waals surface area contributed by atoms with Gasteiger partial charge in [-0.1, -0.05) is 6.07 Å². The molecular formula is C9H14N2O2. The molecule has 0 bridgehead atoms. The van der Waals surface area contributed by atoms with Gasteiger partial charge in [0.15, 0.2) is 0 Å². The van der Waals surface area contributed by atoms with E-state index in [0.717, 1.165) is 18.8 Å². The number of nitrogens with one attached hydrogen (secondary N) is 1. The highest BCUT2D eigenvalue weighted by Crippen LogP contribution is 2.10. The average Bonchev–Trinajstić information content (AvgIpc) is 2.19. The van der Waals surface area contributed by atoms with Crippen molar-refractivity contribution >= 4 is 5.82 Å². The molecule has 0 radical (unpaired) electrons. The summed E-state index contributed by atoms with van der Waals surface area (Å²) in [7, 11) is 1.58. The van der Waals surface area contributed by atoms with E-state index in [9.17, 15) is 0 Å². The first-order chi connectivity index (χ1) is 6.36. The van der Waals surface area contributed by atoms with Crippen molar-refractivity contribution in [1.29, 1.82) is 0 Å². The summed E-state index contributed by atoms with van der Waals surface area (Å²) < 4.78 is 4.96. The Bertz CT molecular complexity index is 253. The van der Waals surface area contributed by atoms with Crippen LogP contribution in [0.5, 0.6) is 5.88 Å². The lowest BCUT2D eigenvalue weighted by Gasteiger charge is -2.05. The van der Waals surface area contributed by atoms with Crippen LogP contribution in [0.25, 0.3) is 0 Å². The van der Waals surface area contributed by atoms with Gasteiger partial charge in [0.05, 0.1) is 7.11 Å². The molecule has 4 nitrogen and oxygen atoms in total. The summed E-state index contributed by atoms with van der Waals surface area (Å²) in [6.45, 7) is 0.910. The molecule has 0 fully saturated rings. The molecule has 72 valence electrons. The zero-order valence-electron chi connectivity index (χ0n) is 7.66. The molecule has 0 saturated carbocycles. The second kappa shape index (κ2) is 5.37. The van der Waals surface area contributed by atoms with Gasteiger partial charge in [0.2, 0.25) is 5.88 Å². The van der Waals surface area contributed by atoms with Gasteiger partial charge in [0, 0.05) is 19.2 Å². The maximum Gasteiger partial charge on any atom is 0.214 e. The molecule has 1 rings (SSSR count). The predicted molar refractivity (Wildman–Crippen MR) is 51.0 cm³/mol. The maximum atomic E-state index is 8.56. The van der Waals surface area contributed by atoms with E-state index in [4.69, 9.17) is 9.84 Å². The SMILES string of the molecule is COc1cccc(NCCCO)n1. The summed E-state index contributed by atoms with van der Waals surface area (Å²) in [5.41, 5.74) is 0. The van der Waals surface area contributed by atoms with Crippen LogP contribution < -0.4 is 10.1 Å². The van der Waals surface area contributed by atoms with Crippen LogP contribution in [0.15, 0.2) is 18.2 Å². The molecule has 1 aromatic heterocycles. The van der Waals surface area contributed by atoms with E-state index in [1.807, 2.05) is 12.1 Å². The van der Waals surface area contributed by atoms with Crippen LogP contribution in [0.3, 0.4) is 0 Å². The van der Waals surface area contributed by atoms with Gasteiger partial charge in [-0.15, -0.1) is 0 Å². The lowest BCUT2D eigenvalue weighted by molar-refractivity contribution is 0.292. The quantitative estimate of drug-likeness (QED) is 0.664. The van der Waals surface area contributed by atoms with Gasteiger partial charge in [-0.2, -0.15) is 4.98 Å². The molecule has 1 aromatic rings. The molecule has 0 spiro atoms. The van der Waals surface area contributed by atoms with Gasteiger partial charge in [0.25, 0.3) is 0 Å². The molecular weight excluding hydrogens is 168 g/mol. The molecule has 0 atom stereocenters. The highest BCUT2D eigenvalue weighted by Gasteiger charge is 1.95. The van der Waals surface area contributed by atoms with Crippen molar-refractivity contribution in [2.45, 2.75) is 6.42 Å². The zero-order valence-corrected chi connectivity index (χ0v) is 7.66. The van der Waals surface area contributed by atoms with Crippen molar-refractivity contribution in [2.75, 3.05) is 25.6 Å². The minimum atomic E-state index is 0.191. The second-order valence-corrected chi connectivity index (χ2v) is 2.57. The highest BCUT2D eigenvalue weighted by atomic mass is 16.5. The first-order valence-electron chi connectivity index (χ1n) is 4.22. The van der Waals surface area contributed by atoms with Crippen LogP contribution in [-0.4, -0.2) is 30.4 Å². The van der Waals surface area contributed by atoms with Crippen molar-refractivity contribution in [2.24, 2.45) is 0 Å². The van der Waals surface area contributed by atoms with Crippen LogP contribution in [-0.2, 0) is 0 Å². The molecule has 0 aliphatic carbocycles. The Morgan fingerprint density at radius 3 is 3.08 bits per heavy atom. The molecule has 0 saturated heterocycles. The van der Waals surface area contributed by atoms with Gasteiger partial charge in [-0.25, -0.2) is 0 Å². The van der Waals surface area contributed by atoms with Crippen LogP contribution in [0, 0.1) is 0 Å². The van der Waals surface area contributed by atoms with Gasteiger partial charge in [-0.05, 0) is 12.5 Å². The molecule has 0 aromatic carbocycles. The third-order valence-corrected chi connectivity index (χ3v) is 1.57. The van der Waals surface area contributed by atoms with Crippen molar-refractivity contribution in [3.05, 3.63) is 18.2 Å². The fraction of sp³-hybridized carbons (Fsp3) is 0.444. The smallest absolute Gasteiger partial charge is 0.214 e. The van der Waals surface area contributed by atoms with Crippen molar-refractivity contribution in [3.63, 3.8) is 0 Å². The Morgan fingerprint density at radius 1 is 1.54 bits per heavy atom. The number of ether oxygens (including phenoxy) is 1. The molecule has 0 aliphatic heterocycles. The maximum absolute atomic E-state index is 8.56. The van der Waals surface area contributed by atoms with Crippen LogP contribution in [0.2, 0.25) is 0 Å². The molecule has 13 heavy (non-hydrogen) atoms. The van der Waals surface area contributed by atoms with Crippen molar-refractivity contribution < 1.29 is 9.84 Å². The summed E-state index contributed by atoms with van der Waals surface area (Å²) in [6.07, 6.45) is 0.721. The molecule has 2 N–H and O–H groups in total. The van der Waals surface area contributed by atoms with Crippen molar-refractivity contribution in [3.8, 4) is 5.88 Å². The molecule has 0 amide bonds. The van der Waals surface area contributed by atoms with E-state index >= 15 is 0 Å². The van der Waals surface area contributed by atoms with E-state index in [0.29, 0.717) is 5.88 Å². The Balaban J connectivity index is 2.46. The van der Waals surface area contributed by atoms with E-state index in [1.165, 1.54) is 0 Å². The summed E-state index contributed by atoms with van der Waals surface area (Å²) in [6, 6.07) is 5.52. The van der Waals surface area contributed by atoms with E-state index < -0.39 is 0 Å². The predicted octanol–water partition coefficient (Wildman–Crippen LogP) is 0.884. The largest absolute Gasteiger partial charge is 0.481 e. The summed E-state index contributed by atoms with van der Waals surface area (Å²) in [5.74, 6) is 1.36. The molecule has 4 heteroatoms. The standard InChI is InChI=1S/C9H14N2O2/c1-13-9-5-2-4-8(11-9)10-6-3-7-12/h2,4-5,12H,3,6-7H2,1H3,(H,10,11). The Morgan fingerprint density at radius 2 is 2.38 bits per heavy atom. The number of aromatic nitrogens is 1. The normalized spacial score (nSPS) is 9.69. The minimum Gasteiger partial charge on any atom is -0.481 e. The minimum absolute atomic E-state index is 0.191. The van der Waals surface area contributed by atoms with Crippen LogP contribution in [0.1, 0.15) is 6.42 Å². The first-order valence-corrected chi connectivity index (χ1v) is 4.22. The second-order valence-electron chi connectivity index (χ2n) is 2.57. The molecule has 1 heterocycles. The number of pyridine rings is 1. The number of nitrogens with zero attached hydrogens (tertiary/aromatic N) is 1. The number of rotatable bonds is 5. The van der Waals surface area contributed by atoms with E-state index in [2.05, 4.69) is 10.3 Å². The van der Waals surface area contributed by atoms with E-state index in [1.54, 1.807) is 13.2 Å². The average molecular weight is 182 g/mol. The highest BCUT2D eigenvalue weighted by molar-refractivity contribution is 5.36. The topological polar surface area (TPSA) is 54.4 Å². The van der Waals surface area contributed by atoms with Gasteiger partial charge in [0.1, 0.15) is 5.82 Å². The third-order valence-electron chi connectivity index (χ3n) is 1.57. The van der Waals surface area contributed by atoms with Crippen LogP contribution >= 0.6 is 0 Å². The molecule has 0 aliphatic rings. The molecule has 0 unspecified atom stereocenters. The lowest BCUT2D eigenvalue weighted by atomic mass is 10.4. The monoisotopic (exact) mass is 182 g/mol.